The quantitative estimate of drug-likeness (QED) is 0.878. The highest BCUT2D eigenvalue weighted by Gasteiger charge is 2.28. The first-order valence-corrected chi connectivity index (χ1v) is 7.17. The van der Waals surface area contributed by atoms with Crippen LogP contribution in [0.15, 0.2) is 18.5 Å². The lowest BCUT2D eigenvalue weighted by Gasteiger charge is -2.37. The molecule has 19 heavy (non-hydrogen) atoms. The van der Waals surface area contributed by atoms with Gasteiger partial charge in [-0.15, -0.1) is 0 Å². The van der Waals surface area contributed by atoms with Crippen molar-refractivity contribution in [3.05, 3.63) is 29.6 Å². The fourth-order valence-electron chi connectivity index (χ4n) is 2.77. The molecule has 2 heterocycles. The number of nitrogens with zero attached hydrogens (tertiary/aromatic N) is 2. The molecule has 0 aromatic carbocycles. The monoisotopic (exact) mass is 263 g/mol. The maximum atomic E-state index is 5.97. The van der Waals surface area contributed by atoms with Crippen molar-refractivity contribution in [2.75, 3.05) is 33.3 Å². The van der Waals surface area contributed by atoms with Gasteiger partial charge in [-0.1, -0.05) is 13.0 Å². The van der Waals surface area contributed by atoms with Crippen LogP contribution in [0.3, 0.4) is 0 Å². The number of morpholine rings is 1. The predicted octanol–water partition coefficient (Wildman–Crippen LogP) is 1.76. The van der Waals surface area contributed by atoms with E-state index in [-0.39, 0.29) is 12.1 Å². The minimum absolute atomic E-state index is 0.203. The summed E-state index contributed by atoms with van der Waals surface area (Å²) in [6.07, 6.45) is 5.23. The van der Waals surface area contributed by atoms with Crippen molar-refractivity contribution in [1.29, 1.82) is 0 Å². The van der Waals surface area contributed by atoms with Crippen molar-refractivity contribution in [2.45, 2.75) is 32.4 Å². The van der Waals surface area contributed by atoms with E-state index >= 15 is 0 Å². The largest absolute Gasteiger partial charge is 0.374 e. The second-order valence-electron chi connectivity index (χ2n) is 5.27. The highest BCUT2D eigenvalue weighted by atomic mass is 16.5. The first kappa shape index (κ1) is 14.4. The first-order valence-electron chi connectivity index (χ1n) is 7.17. The molecule has 2 unspecified atom stereocenters. The summed E-state index contributed by atoms with van der Waals surface area (Å²) in [5.74, 6) is 0. The molecule has 2 atom stereocenters. The summed E-state index contributed by atoms with van der Waals surface area (Å²) in [6.45, 7) is 8.32. The SMILES string of the molecule is CCCN1CCOC(C(NC)c2cncc(C)c2)C1. The molecule has 4 nitrogen and oxygen atoms in total. The molecule has 1 N–H and O–H groups in total. The fourth-order valence-corrected chi connectivity index (χ4v) is 2.77. The highest BCUT2D eigenvalue weighted by Crippen LogP contribution is 2.22. The van der Waals surface area contributed by atoms with Gasteiger partial charge in [-0.2, -0.15) is 0 Å². The molecule has 2 rings (SSSR count). The lowest BCUT2D eigenvalue weighted by Crippen LogP contribution is -2.47. The van der Waals surface area contributed by atoms with E-state index in [1.54, 1.807) is 0 Å². The number of likely N-dealkylation sites (N-methyl/N-ethyl adjacent to an activating group) is 1. The van der Waals surface area contributed by atoms with E-state index in [0.717, 1.165) is 26.2 Å². The number of aromatic nitrogens is 1. The van der Waals surface area contributed by atoms with Crippen molar-refractivity contribution >= 4 is 0 Å². The summed E-state index contributed by atoms with van der Waals surface area (Å²) in [4.78, 5) is 6.78. The van der Waals surface area contributed by atoms with Crippen molar-refractivity contribution in [2.24, 2.45) is 0 Å². The van der Waals surface area contributed by atoms with Gasteiger partial charge in [-0.05, 0) is 38.1 Å². The molecular formula is C15H25N3O. The molecule has 1 aliphatic heterocycles. The van der Waals surface area contributed by atoms with E-state index in [2.05, 4.69) is 35.1 Å². The summed E-state index contributed by atoms with van der Waals surface area (Å²) in [5.41, 5.74) is 2.41. The molecule has 1 fully saturated rings. The Bertz CT molecular complexity index is 395. The van der Waals surface area contributed by atoms with Crippen LogP contribution in [0.2, 0.25) is 0 Å². The number of aryl methyl sites for hydroxylation is 1. The number of hydrogen-bond donors (Lipinski definition) is 1. The van der Waals surface area contributed by atoms with Crippen LogP contribution in [0.1, 0.15) is 30.5 Å². The number of pyridine rings is 1. The van der Waals surface area contributed by atoms with E-state index in [0.29, 0.717) is 0 Å². The third kappa shape index (κ3) is 3.75. The molecule has 0 aliphatic carbocycles. The molecular weight excluding hydrogens is 238 g/mol. The molecule has 1 aliphatic rings. The van der Waals surface area contributed by atoms with Gasteiger partial charge in [0.1, 0.15) is 0 Å². The lowest BCUT2D eigenvalue weighted by molar-refractivity contribution is -0.0459. The molecule has 0 bridgehead atoms. The molecule has 0 radical (unpaired) electrons. The Morgan fingerprint density at radius 3 is 3.05 bits per heavy atom. The van der Waals surface area contributed by atoms with Crippen LogP contribution in [0.5, 0.6) is 0 Å². The average molecular weight is 263 g/mol. The van der Waals surface area contributed by atoms with Crippen molar-refractivity contribution in [3.8, 4) is 0 Å². The Morgan fingerprint density at radius 2 is 2.37 bits per heavy atom. The van der Waals surface area contributed by atoms with E-state index in [4.69, 9.17) is 4.74 Å². The molecule has 1 aromatic heterocycles. The predicted molar refractivity (Wildman–Crippen MR) is 77.2 cm³/mol. The Kier molecular flexibility index (Phi) is 5.31. The maximum Gasteiger partial charge on any atom is 0.0897 e. The minimum atomic E-state index is 0.203. The zero-order valence-corrected chi connectivity index (χ0v) is 12.2. The molecule has 4 heteroatoms. The van der Waals surface area contributed by atoms with Crippen molar-refractivity contribution in [1.82, 2.24) is 15.2 Å². The van der Waals surface area contributed by atoms with Crippen LogP contribution in [0.4, 0.5) is 0 Å². The minimum Gasteiger partial charge on any atom is -0.374 e. The molecule has 1 aromatic rings. The van der Waals surface area contributed by atoms with Gasteiger partial charge in [0.05, 0.1) is 18.8 Å². The average Bonchev–Trinajstić information content (AvgIpc) is 2.41. The zero-order valence-electron chi connectivity index (χ0n) is 12.2. The Balaban J connectivity index is 2.08. The van der Waals surface area contributed by atoms with Crippen LogP contribution in [0, 0.1) is 6.92 Å². The van der Waals surface area contributed by atoms with E-state index in [1.165, 1.54) is 17.5 Å². The number of hydrogen-bond acceptors (Lipinski definition) is 4. The van der Waals surface area contributed by atoms with Gasteiger partial charge in [0.25, 0.3) is 0 Å². The molecule has 106 valence electrons. The van der Waals surface area contributed by atoms with Gasteiger partial charge in [0.2, 0.25) is 0 Å². The third-order valence-corrected chi connectivity index (χ3v) is 3.66. The van der Waals surface area contributed by atoms with Gasteiger partial charge in [0, 0.05) is 25.5 Å². The fraction of sp³-hybridized carbons (Fsp3) is 0.667. The zero-order chi connectivity index (χ0) is 13.7. The van der Waals surface area contributed by atoms with Crippen LogP contribution in [0.25, 0.3) is 0 Å². The molecule has 0 amide bonds. The number of ether oxygens (including phenoxy) is 1. The maximum absolute atomic E-state index is 5.97. The highest BCUT2D eigenvalue weighted by molar-refractivity contribution is 5.21. The van der Waals surface area contributed by atoms with E-state index < -0.39 is 0 Å². The summed E-state index contributed by atoms with van der Waals surface area (Å²) in [6, 6.07) is 2.41. The lowest BCUT2D eigenvalue weighted by atomic mass is 10.0. The standard InChI is InChI=1S/C15H25N3O/c1-4-5-18-6-7-19-14(11-18)15(16-3)13-8-12(2)9-17-10-13/h8-10,14-16H,4-7,11H2,1-3H3. The van der Waals surface area contributed by atoms with Gasteiger partial charge in [-0.3, -0.25) is 9.88 Å². The second kappa shape index (κ2) is 6.98. The van der Waals surface area contributed by atoms with E-state index in [1.807, 2.05) is 19.4 Å². The normalized spacial score (nSPS) is 22.4. The van der Waals surface area contributed by atoms with Crippen LogP contribution < -0.4 is 5.32 Å². The second-order valence-corrected chi connectivity index (χ2v) is 5.27. The Labute approximate surface area is 116 Å². The number of rotatable bonds is 5. The van der Waals surface area contributed by atoms with Gasteiger partial charge < -0.3 is 10.1 Å². The van der Waals surface area contributed by atoms with Gasteiger partial charge >= 0.3 is 0 Å². The summed E-state index contributed by atoms with van der Waals surface area (Å²) in [7, 11) is 2.00. The van der Waals surface area contributed by atoms with Crippen LogP contribution >= 0.6 is 0 Å². The summed E-state index contributed by atoms with van der Waals surface area (Å²) >= 11 is 0. The van der Waals surface area contributed by atoms with Crippen molar-refractivity contribution in [3.63, 3.8) is 0 Å². The molecule has 1 saturated heterocycles. The topological polar surface area (TPSA) is 37.4 Å². The Morgan fingerprint density at radius 1 is 1.53 bits per heavy atom. The Hall–Kier alpha value is -0.970. The number of nitrogens with one attached hydrogen (secondary N) is 1. The van der Waals surface area contributed by atoms with Gasteiger partial charge in [0.15, 0.2) is 0 Å². The molecule has 0 saturated carbocycles. The van der Waals surface area contributed by atoms with Gasteiger partial charge in [-0.25, -0.2) is 0 Å². The summed E-state index contributed by atoms with van der Waals surface area (Å²) < 4.78 is 5.97. The smallest absolute Gasteiger partial charge is 0.0897 e. The third-order valence-electron chi connectivity index (χ3n) is 3.66. The van der Waals surface area contributed by atoms with E-state index in [9.17, 15) is 0 Å². The molecule has 0 spiro atoms. The van der Waals surface area contributed by atoms with Crippen molar-refractivity contribution < 1.29 is 4.74 Å². The first-order chi connectivity index (χ1) is 9.24. The summed E-state index contributed by atoms with van der Waals surface area (Å²) in [5, 5.41) is 3.39. The van der Waals surface area contributed by atoms with Crippen LogP contribution in [-0.2, 0) is 4.74 Å². The van der Waals surface area contributed by atoms with Crippen LogP contribution in [-0.4, -0.2) is 49.3 Å².